The maximum Gasteiger partial charge on any atom is -0.00178 e. The topological polar surface area (TPSA) is 12.0 Å². The molecule has 0 heterocycles. The Balaban J connectivity index is 2.39. The molecular formula is C16H33N. The SMILES string of the molecule is CCCNCC(CC(CC)CC)C1CCCC1. The molecule has 102 valence electrons. The standard InChI is InChI=1S/C16H33N/c1-4-11-17-13-16(12-14(5-2)6-3)15-9-7-8-10-15/h14-17H,4-13H2,1-3H3. The van der Waals surface area contributed by atoms with Gasteiger partial charge in [-0.1, -0.05) is 59.3 Å². The van der Waals surface area contributed by atoms with Gasteiger partial charge in [0.05, 0.1) is 0 Å². The highest BCUT2D eigenvalue weighted by Crippen LogP contribution is 2.35. The van der Waals surface area contributed by atoms with E-state index < -0.39 is 0 Å². The van der Waals surface area contributed by atoms with E-state index in [9.17, 15) is 0 Å². The summed E-state index contributed by atoms with van der Waals surface area (Å²) in [6, 6.07) is 0. The molecule has 0 aromatic heterocycles. The molecule has 1 heteroatoms. The van der Waals surface area contributed by atoms with Crippen molar-refractivity contribution in [1.29, 1.82) is 0 Å². The fraction of sp³-hybridized carbons (Fsp3) is 1.00. The molecule has 1 rings (SSSR count). The van der Waals surface area contributed by atoms with Crippen LogP contribution in [-0.4, -0.2) is 13.1 Å². The molecule has 1 nitrogen and oxygen atoms in total. The van der Waals surface area contributed by atoms with E-state index in [0.29, 0.717) is 0 Å². The van der Waals surface area contributed by atoms with Gasteiger partial charge in [0.1, 0.15) is 0 Å². The van der Waals surface area contributed by atoms with E-state index in [1.807, 2.05) is 0 Å². The minimum Gasteiger partial charge on any atom is -0.316 e. The monoisotopic (exact) mass is 239 g/mol. The molecule has 0 spiro atoms. The van der Waals surface area contributed by atoms with Crippen LogP contribution in [0.1, 0.15) is 72.1 Å². The third kappa shape index (κ3) is 5.42. The second-order valence-corrected chi connectivity index (χ2v) is 5.93. The lowest BCUT2D eigenvalue weighted by atomic mass is 9.81. The number of nitrogens with one attached hydrogen (secondary N) is 1. The first-order chi connectivity index (χ1) is 8.31. The van der Waals surface area contributed by atoms with Crippen molar-refractivity contribution < 1.29 is 0 Å². The zero-order valence-corrected chi connectivity index (χ0v) is 12.3. The molecule has 1 unspecified atom stereocenters. The van der Waals surface area contributed by atoms with Crippen LogP contribution in [0, 0.1) is 17.8 Å². The van der Waals surface area contributed by atoms with Crippen LogP contribution in [0.4, 0.5) is 0 Å². The number of hydrogen-bond acceptors (Lipinski definition) is 1. The molecule has 1 N–H and O–H groups in total. The molecule has 0 aromatic rings. The number of rotatable bonds is 9. The first kappa shape index (κ1) is 15.0. The summed E-state index contributed by atoms with van der Waals surface area (Å²) in [5.41, 5.74) is 0. The second-order valence-electron chi connectivity index (χ2n) is 5.93. The lowest BCUT2D eigenvalue weighted by Crippen LogP contribution is -2.29. The third-order valence-corrected chi connectivity index (χ3v) is 4.69. The highest BCUT2D eigenvalue weighted by atomic mass is 14.9. The van der Waals surface area contributed by atoms with E-state index >= 15 is 0 Å². The summed E-state index contributed by atoms with van der Waals surface area (Å²) in [7, 11) is 0. The van der Waals surface area contributed by atoms with Crippen molar-refractivity contribution in [2.75, 3.05) is 13.1 Å². The minimum atomic E-state index is 0.953. The van der Waals surface area contributed by atoms with Crippen LogP contribution < -0.4 is 5.32 Å². The third-order valence-electron chi connectivity index (χ3n) is 4.69. The lowest BCUT2D eigenvalue weighted by Gasteiger charge is -2.27. The molecule has 0 aliphatic heterocycles. The van der Waals surface area contributed by atoms with Crippen LogP contribution in [0.15, 0.2) is 0 Å². The van der Waals surface area contributed by atoms with E-state index in [1.54, 1.807) is 0 Å². The molecule has 17 heavy (non-hydrogen) atoms. The van der Waals surface area contributed by atoms with Crippen LogP contribution >= 0.6 is 0 Å². The molecule has 0 radical (unpaired) electrons. The van der Waals surface area contributed by atoms with Gasteiger partial charge in [0.2, 0.25) is 0 Å². The zero-order chi connectivity index (χ0) is 12.5. The maximum atomic E-state index is 3.67. The van der Waals surface area contributed by atoms with Crippen molar-refractivity contribution in [3.8, 4) is 0 Å². The van der Waals surface area contributed by atoms with Gasteiger partial charge in [-0.15, -0.1) is 0 Å². The molecular weight excluding hydrogens is 206 g/mol. The van der Waals surface area contributed by atoms with E-state index in [-0.39, 0.29) is 0 Å². The van der Waals surface area contributed by atoms with Gasteiger partial charge in [-0.25, -0.2) is 0 Å². The Morgan fingerprint density at radius 3 is 2.24 bits per heavy atom. The summed E-state index contributed by atoms with van der Waals surface area (Å²) < 4.78 is 0. The highest BCUT2D eigenvalue weighted by Gasteiger charge is 2.26. The van der Waals surface area contributed by atoms with Crippen LogP contribution in [0.25, 0.3) is 0 Å². The Kier molecular flexibility index (Phi) is 7.92. The van der Waals surface area contributed by atoms with Crippen molar-refractivity contribution in [3.63, 3.8) is 0 Å². The molecule has 0 bridgehead atoms. The van der Waals surface area contributed by atoms with E-state index in [1.165, 1.54) is 64.5 Å². The van der Waals surface area contributed by atoms with Crippen LogP contribution in [0.5, 0.6) is 0 Å². The van der Waals surface area contributed by atoms with Gasteiger partial charge in [-0.2, -0.15) is 0 Å². The normalized spacial score (nSPS) is 19.1. The quantitative estimate of drug-likeness (QED) is 0.579. The Morgan fingerprint density at radius 1 is 1.06 bits per heavy atom. The fourth-order valence-corrected chi connectivity index (χ4v) is 3.39. The minimum absolute atomic E-state index is 0.953. The summed E-state index contributed by atoms with van der Waals surface area (Å²) >= 11 is 0. The summed E-state index contributed by atoms with van der Waals surface area (Å²) in [6.45, 7) is 9.46. The Morgan fingerprint density at radius 2 is 1.71 bits per heavy atom. The molecule has 1 fully saturated rings. The van der Waals surface area contributed by atoms with Crippen molar-refractivity contribution in [2.45, 2.75) is 72.1 Å². The van der Waals surface area contributed by atoms with Crippen LogP contribution in [0.2, 0.25) is 0 Å². The van der Waals surface area contributed by atoms with Crippen molar-refractivity contribution in [3.05, 3.63) is 0 Å². The van der Waals surface area contributed by atoms with Crippen molar-refractivity contribution in [1.82, 2.24) is 5.32 Å². The average Bonchev–Trinajstić information content (AvgIpc) is 2.87. The van der Waals surface area contributed by atoms with E-state index in [0.717, 1.165) is 17.8 Å². The first-order valence-electron chi connectivity index (χ1n) is 8.02. The molecule has 0 amide bonds. The lowest BCUT2D eigenvalue weighted by molar-refractivity contribution is 0.252. The van der Waals surface area contributed by atoms with Crippen LogP contribution in [-0.2, 0) is 0 Å². The van der Waals surface area contributed by atoms with Gasteiger partial charge in [0.15, 0.2) is 0 Å². The predicted molar refractivity (Wildman–Crippen MR) is 77.3 cm³/mol. The van der Waals surface area contributed by atoms with Gasteiger partial charge in [-0.3, -0.25) is 0 Å². The van der Waals surface area contributed by atoms with Crippen molar-refractivity contribution in [2.24, 2.45) is 17.8 Å². The summed E-state index contributed by atoms with van der Waals surface area (Å²) in [6.07, 6.45) is 11.4. The average molecular weight is 239 g/mol. The molecule has 1 aliphatic rings. The number of hydrogen-bond donors (Lipinski definition) is 1. The van der Waals surface area contributed by atoms with E-state index in [2.05, 4.69) is 26.1 Å². The molecule has 0 aromatic carbocycles. The first-order valence-corrected chi connectivity index (χ1v) is 8.02. The smallest absolute Gasteiger partial charge is 0.00178 e. The molecule has 1 aliphatic carbocycles. The van der Waals surface area contributed by atoms with Gasteiger partial charge in [-0.05, 0) is 43.7 Å². The van der Waals surface area contributed by atoms with Gasteiger partial charge in [0, 0.05) is 0 Å². The summed E-state index contributed by atoms with van der Waals surface area (Å²) in [5.74, 6) is 2.94. The summed E-state index contributed by atoms with van der Waals surface area (Å²) in [5, 5.41) is 3.67. The molecule has 0 saturated heterocycles. The van der Waals surface area contributed by atoms with E-state index in [4.69, 9.17) is 0 Å². The molecule has 1 saturated carbocycles. The Labute approximate surface area is 109 Å². The fourth-order valence-electron chi connectivity index (χ4n) is 3.39. The molecule has 1 atom stereocenters. The van der Waals surface area contributed by atoms with Gasteiger partial charge in [0.25, 0.3) is 0 Å². The maximum absolute atomic E-state index is 3.67. The Bertz CT molecular complexity index is 168. The van der Waals surface area contributed by atoms with Crippen LogP contribution in [0.3, 0.4) is 0 Å². The largest absolute Gasteiger partial charge is 0.316 e. The highest BCUT2D eigenvalue weighted by molar-refractivity contribution is 4.79. The van der Waals surface area contributed by atoms with Gasteiger partial charge < -0.3 is 5.32 Å². The summed E-state index contributed by atoms with van der Waals surface area (Å²) in [4.78, 5) is 0. The van der Waals surface area contributed by atoms with Gasteiger partial charge >= 0.3 is 0 Å². The second kappa shape index (κ2) is 8.97. The predicted octanol–water partition coefficient (Wildman–Crippen LogP) is 4.62. The zero-order valence-electron chi connectivity index (χ0n) is 12.3. The van der Waals surface area contributed by atoms with Crippen molar-refractivity contribution >= 4 is 0 Å². The Hall–Kier alpha value is -0.0400.